The minimum absolute atomic E-state index is 0.00116. The topological polar surface area (TPSA) is 90.5 Å². The van der Waals surface area contributed by atoms with E-state index in [9.17, 15) is 31.1 Å². The number of carbonyl (C=O) groups excluding carboxylic acids is 1. The lowest BCUT2D eigenvalue weighted by Crippen LogP contribution is -2.38. The van der Waals surface area contributed by atoms with Gasteiger partial charge in [0.25, 0.3) is 11.8 Å². The fourth-order valence-corrected chi connectivity index (χ4v) is 3.53. The van der Waals surface area contributed by atoms with Gasteiger partial charge in [0.2, 0.25) is 5.91 Å². The highest BCUT2D eigenvalue weighted by atomic mass is 19.4. The molecule has 8 nitrogen and oxygen atoms in total. The molecule has 3 aromatic rings. The Bertz CT molecular complexity index is 1190. The number of amides is 1. The molecule has 0 radical (unpaired) electrons. The number of hydrogen-bond donors (Lipinski definition) is 1. The van der Waals surface area contributed by atoms with Crippen molar-refractivity contribution in [2.75, 3.05) is 0 Å². The number of nitrogens with zero attached hydrogens (tertiary/aromatic N) is 6. The van der Waals surface area contributed by atoms with Gasteiger partial charge in [-0.25, -0.2) is 18.2 Å². The number of fused-ring (bicyclic) bond motifs is 3. The Hall–Kier alpha value is -3.45. The number of aryl methyl sites for hydroxylation is 1. The van der Waals surface area contributed by atoms with Crippen LogP contribution in [0.5, 0.6) is 0 Å². The van der Waals surface area contributed by atoms with Gasteiger partial charge in [0, 0.05) is 38.4 Å². The molecule has 14 heteroatoms. The number of halogens is 6. The van der Waals surface area contributed by atoms with Crippen LogP contribution in [0, 0.1) is 17.5 Å². The van der Waals surface area contributed by atoms with Gasteiger partial charge in [-0.2, -0.15) is 17.9 Å². The molecule has 0 saturated heterocycles. The lowest BCUT2D eigenvalue weighted by Gasteiger charge is -2.20. The molecule has 0 saturated carbocycles. The highest BCUT2D eigenvalue weighted by molar-refractivity contribution is 5.73. The molecule has 0 fully saturated rings. The SMILES string of the molecule is CC(=O)N[C@H](Cc1cc(F)c(F)cc1F)Cc1nnc2n1CCc1nc(C(F)(F)F)nn1-2. The number of benzene rings is 1. The molecule has 1 atom stereocenters. The predicted octanol–water partition coefficient (Wildman–Crippen LogP) is 2.14. The van der Waals surface area contributed by atoms with Crippen molar-refractivity contribution in [2.45, 2.75) is 44.9 Å². The van der Waals surface area contributed by atoms with E-state index in [0.29, 0.717) is 12.1 Å². The zero-order chi connectivity index (χ0) is 23.2. The average Bonchev–Trinajstić information content (AvgIpc) is 3.29. The normalized spacial score (nSPS) is 14.1. The van der Waals surface area contributed by atoms with Crippen molar-refractivity contribution in [3.05, 3.63) is 52.6 Å². The first-order chi connectivity index (χ1) is 15.0. The number of hydrogen-bond acceptors (Lipinski definition) is 5. The van der Waals surface area contributed by atoms with E-state index in [2.05, 4.69) is 25.6 Å². The number of rotatable bonds is 5. The quantitative estimate of drug-likeness (QED) is 0.467. The highest BCUT2D eigenvalue weighted by Gasteiger charge is 2.38. The van der Waals surface area contributed by atoms with Crippen molar-refractivity contribution in [3.8, 4) is 5.95 Å². The maximum Gasteiger partial charge on any atom is 0.453 e. The van der Waals surface area contributed by atoms with Crippen LogP contribution < -0.4 is 5.32 Å². The molecule has 1 aliphatic rings. The van der Waals surface area contributed by atoms with Gasteiger partial charge < -0.3 is 5.32 Å². The number of carbonyl (C=O) groups is 1. The molecule has 0 unspecified atom stereocenters. The monoisotopic (exact) mass is 459 g/mol. The van der Waals surface area contributed by atoms with Crippen LogP contribution in [0.25, 0.3) is 5.95 Å². The van der Waals surface area contributed by atoms with E-state index in [1.54, 1.807) is 0 Å². The molecule has 3 heterocycles. The molecular weight excluding hydrogens is 444 g/mol. The summed E-state index contributed by atoms with van der Waals surface area (Å²) in [6.07, 6.45) is -4.77. The van der Waals surface area contributed by atoms with Crippen LogP contribution in [-0.4, -0.2) is 41.5 Å². The minimum atomic E-state index is -4.72. The molecule has 4 rings (SSSR count). The molecule has 0 aliphatic carbocycles. The number of nitrogens with one attached hydrogen (secondary N) is 1. The van der Waals surface area contributed by atoms with Gasteiger partial charge in [-0.15, -0.1) is 15.3 Å². The van der Waals surface area contributed by atoms with Crippen LogP contribution in [0.1, 0.15) is 30.0 Å². The number of alkyl halides is 3. The molecule has 170 valence electrons. The smallest absolute Gasteiger partial charge is 0.353 e. The Labute approximate surface area is 176 Å². The van der Waals surface area contributed by atoms with Crippen LogP contribution in [0.15, 0.2) is 12.1 Å². The fraction of sp³-hybridized carbons (Fsp3) is 0.389. The molecule has 0 bridgehead atoms. The van der Waals surface area contributed by atoms with Gasteiger partial charge in [0.1, 0.15) is 17.5 Å². The molecule has 1 aliphatic heterocycles. The first kappa shape index (κ1) is 21.8. The fourth-order valence-electron chi connectivity index (χ4n) is 3.53. The Morgan fingerprint density at radius 2 is 1.84 bits per heavy atom. The molecule has 0 spiro atoms. The Morgan fingerprint density at radius 1 is 1.12 bits per heavy atom. The Balaban J connectivity index is 1.62. The summed E-state index contributed by atoms with van der Waals surface area (Å²) in [5.74, 6) is -4.92. The lowest BCUT2D eigenvalue weighted by atomic mass is 10.0. The van der Waals surface area contributed by atoms with Crippen LogP contribution in [0.4, 0.5) is 26.3 Å². The third kappa shape index (κ3) is 4.16. The number of aromatic nitrogens is 6. The molecular formula is C18H15F6N7O. The standard InChI is InChI=1S/C18H15F6N7O/c1-8(32)25-10(4-9-5-12(20)13(21)7-11(9)19)6-15-27-28-17-30(15)3-2-14-26-16(18(22,23)24)29-31(14)17/h5,7,10H,2-4,6H2,1H3,(H,25,32)/t10-/m1/s1. The van der Waals surface area contributed by atoms with E-state index >= 15 is 0 Å². The average molecular weight is 459 g/mol. The van der Waals surface area contributed by atoms with Crippen LogP contribution >= 0.6 is 0 Å². The van der Waals surface area contributed by atoms with E-state index in [0.717, 1.165) is 4.68 Å². The van der Waals surface area contributed by atoms with Crippen molar-refractivity contribution in [2.24, 2.45) is 0 Å². The summed E-state index contributed by atoms with van der Waals surface area (Å²) in [4.78, 5) is 15.1. The van der Waals surface area contributed by atoms with Crippen LogP contribution in [-0.2, 0) is 36.8 Å². The Kier molecular flexibility index (Phi) is 5.38. The summed E-state index contributed by atoms with van der Waals surface area (Å²) in [5, 5.41) is 13.9. The van der Waals surface area contributed by atoms with Gasteiger partial charge in [-0.05, 0) is 18.1 Å². The van der Waals surface area contributed by atoms with Crippen LogP contribution in [0.2, 0.25) is 0 Å². The van der Waals surface area contributed by atoms with Gasteiger partial charge in [0.15, 0.2) is 11.6 Å². The summed E-state index contributed by atoms with van der Waals surface area (Å²) >= 11 is 0. The first-order valence-electron chi connectivity index (χ1n) is 9.39. The van der Waals surface area contributed by atoms with Crippen molar-refractivity contribution < 1.29 is 31.1 Å². The van der Waals surface area contributed by atoms with Crippen LogP contribution in [0.3, 0.4) is 0 Å². The van der Waals surface area contributed by atoms with Gasteiger partial charge in [-0.1, -0.05) is 0 Å². The largest absolute Gasteiger partial charge is 0.453 e. The van der Waals surface area contributed by atoms with Gasteiger partial charge >= 0.3 is 6.18 Å². The third-order valence-corrected chi connectivity index (χ3v) is 4.88. The zero-order valence-electron chi connectivity index (χ0n) is 16.4. The second-order valence-electron chi connectivity index (χ2n) is 7.24. The summed E-state index contributed by atoms with van der Waals surface area (Å²) < 4.78 is 82.1. The predicted molar refractivity (Wildman–Crippen MR) is 95.0 cm³/mol. The third-order valence-electron chi connectivity index (χ3n) is 4.88. The molecule has 1 amide bonds. The van der Waals surface area contributed by atoms with E-state index in [1.165, 1.54) is 11.5 Å². The van der Waals surface area contributed by atoms with E-state index in [-0.39, 0.29) is 49.0 Å². The van der Waals surface area contributed by atoms with E-state index in [4.69, 9.17) is 0 Å². The minimum Gasteiger partial charge on any atom is -0.353 e. The zero-order valence-corrected chi connectivity index (χ0v) is 16.4. The van der Waals surface area contributed by atoms with Crippen molar-refractivity contribution in [3.63, 3.8) is 0 Å². The maximum absolute atomic E-state index is 14.1. The Morgan fingerprint density at radius 3 is 2.53 bits per heavy atom. The molecule has 2 aromatic heterocycles. The van der Waals surface area contributed by atoms with E-state index < -0.39 is 41.4 Å². The maximum atomic E-state index is 14.1. The van der Waals surface area contributed by atoms with Crippen molar-refractivity contribution in [1.82, 2.24) is 34.8 Å². The summed E-state index contributed by atoms with van der Waals surface area (Å²) in [6.45, 7) is 1.44. The highest BCUT2D eigenvalue weighted by Crippen LogP contribution is 2.28. The second-order valence-corrected chi connectivity index (χ2v) is 7.24. The van der Waals surface area contributed by atoms with Crippen molar-refractivity contribution >= 4 is 5.91 Å². The summed E-state index contributed by atoms with van der Waals surface area (Å²) in [7, 11) is 0. The van der Waals surface area contributed by atoms with Gasteiger partial charge in [-0.3, -0.25) is 9.36 Å². The molecule has 1 aromatic carbocycles. The summed E-state index contributed by atoms with van der Waals surface area (Å²) in [6, 6.07) is 0.348. The van der Waals surface area contributed by atoms with E-state index in [1.807, 2.05) is 0 Å². The first-order valence-corrected chi connectivity index (χ1v) is 9.39. The molecule has 32 heavy (non-hydrogen) atoms. The lowest BCUT2D eigenvalue weighted by molar-refractivity contribution is -0.144. The second kappa shape index (κ2) is 7.91. The van der Waals surface area contributed by atoms with Gasteiger partial charge in [0.05, 0.1) is 0 Å². The van der Waals surface area contributed by atoms with Crippen molar-refractivity contribution in [1.29, 1.82) is 0 Å². The molecule has 1 N–H and O–H groups in total. The summed E-state index contributed by atoms with van der Waals surface area (Å²) in [5.41, 5.74) is -0.158.